The largest absolute Gasteiger partial charge is 0.478 e. The fourth-order valence-electron chi connectivity index (χ4n) is 3.79. The Bertz CT molecular complexity index is 1020. The van der Waals surface area contributed by atoms with Gasteiger partial charge in [0.2, 0.25) is 0 Å². The molecule has 1 saturated heterocycles. The zero-order valence-electron chi connectivity index (χ0n) is 14.4. The molecule has 0 aliphatic carbocycles. The van der Waals surface area contributed by atoms with Crippen molar-refractivity contribution in [2.75, 3.05) is 13.1 Å². The second-order valence-corrected chi connectivity index (χ2v) is 6.63. The Morgan fingerprint density at radius 2 is 1.54 bits per heavy atom. The third kappa shape index (κ3) is 2.80. The lowest BCUT2D eigenvalue weighted by Crippen LogP contribution is -2.30. The normalized spacial score (nSPS) is 14.8. The lowest BCUT2D eigenvalue weighted by Gasteiger charge is -2.22. The Labute approximate surface area is 151 Å². The van der Waals surface area contributed by atoms with Crippen LogP contribution in [0.5, 0.6) is 0 Å². The van der Waals surface area contributed by atoms with Crippen LogP contribution in [0.2, 0.25) is 0 Å². The SMILES string of the molecule is O=C(O)c1c(CN2CCCC2)n(-c2ccccc2)c(=O)c2ccccc12. The summed E-state index contributed by atoms with van der Waals surface area (Å²) in [6.07, 6.45) is 2.21. The summed E-state index contributed by atoms with van der Waals surface area (Å²) in [5, 5.41) is 10.9. The van der Waals surface area contributed by atoms with Crippen LogP contribution in [-0.4, -0.2) is 33.6 Å². The van der Waals surface area contributed by atoms with Crippen molar-refractivity contribution in [3.8, 4) is 5.69 Å². The number of rotatable bonds is 4. The van der Waals surface area contributed by atoms with Crippen LogP contribution in [0.4, 0.5) is 0 Å². The number of aromatic carboxylic acids is 1. The second-order valence-electron chi connectivity index (χ2n) is 6.63. The molecule has 1 aliphatic rings. The number of likely N-dealkylation sites (tertiary alicyclic amines) is 1. The van der Waals surface area contributed by atoms with E-state index in [-0.39, 0.29) is 11.1 Å². The maximum Gasteiger partial charge on any atom is 0.338 e. The average molecular weight is 348 g/mol. The molecule has 2 aromatic carbocycles. The molecule has 1 fully saturated rings. The van der Waals surface area contributed by atoms with E-state index in [1.807, 2.05) is 30.3 Å². The van der Waals surface area contributed by atoms with Crippen LogP contribution in [-0.2, 0) is 6.54 Å². The minimum Gasteiger partial charge on any atom is -0.478 e. The lowest BCUT2D eigenvalue weighted by atomic mass is 10.0. The molecule has 0 atom stereocenters. The standard InChI is InChI=1S/C21H20N2O3/c24-20-17-11-5-4-10-16(17)19(21(25)26)18(14-22-12-6-7-13-22)23(20)15-8-2-1-3-9-15/h1-5,8-11H,6-7,12-14H2,(H,25,26). The molecular formula is C21H20N2O3. The van der Waals surface area contributed by atoms with Crippen LogP contribution < -0.4 is 5.56 Å². The van der Waals surface area contributed by atoms with Gasteiger partial charge in [0.25, 0.3) is 5.56 Å². The Kier molecular flexibility index (Phi) is 4.31. The molecule has 5 nitrogen and oxygen atoms in total. The van der Waals surface area contributed by atoms with Gasteiger partial charge < -0.3 is 5.11 Å². The second kappa shape index (κ2) is 6.77. The molecule has 0 saturated carbocycles. The van der Waals surface area contributed by atoms with Gasteiger partial charge in [0.05, 0.1) is 11.3 Å². The predicted octanol–water partition coefficient (Wildman–Crippen LogP) is 3.28. The molecule has 0 unspecified atom stereocenters. The summed E-state index contributed by atoms with van der Waals surface area (Å²) < 4.78 is 1.57. The van der Waals surface area contributed by atoms with Gasteiger partial charge in [0.1, 0.15) is 0 Å². The van der Waals surface area contributed by atoms with Crippen molar-refractivity contribution in [1.29, 1.82) is 0 Å². The Morgan fingerprint density at radius 1 is 0.923 bits per heavy atom. The van der Waals surface area contributed by atoms with Gasteiger partial charge in [-0.25, -0.2) is 4.79 Å². The summed E-state index contributed by atoms with van der Waals surface area (Å²) in [6.45, 7) is 2.31. The van der Waals surface area contributed by atoms with Crippen molar-refractivity contribution >= 4 is 16.7 Å². The van der Waals surface area contributed by atoms with Crippen LogP contribution in [0.1, 0.15) is 28.9 Å². The summed E-state index contributed by atoms with van der Waals surface area (Å²) in [6, 6.07) is 16.3. The number of fused-ring (bicyclic) bond motifs is 1. The number of aromatic nitrogens is 1. The molecule has 1 aromatic heterocycles. The van der Waals surface area contributed by atoms with E-state index in [0.29, 0.717) is 28.7 Å². The lowest BCUT2D eigenvalue weighted by molar-refractivity contribution is 0.0696. The fraction of sp³-hybridized carbons (Fsp3) is 0.238. The quantitative estimate of drug-likeness (QED) is 0.786. The number of hydrogen-bond donors (Lipinski definition) is 1. The molecule has 132 valence electrons. The molecule has 1 aliphatic heterocycles. The minimum atomic E-state index is -1.000. The highest BCUT2D eigenvalue weighted by Crippen LogP contribution is 2.25. The van der Waals surface area contributed by atoms with Crippen LogP contribution >= 0.6 is 0 Å². The highest BCUT2D eigenvalue weighted by molar-refractivity contribution is 6.04. The molecule has 2 heterocycles. The molecule has 0 radical (unpaired) electrons. The van der Waals surface area contributed by atoms with E-state index in [4.69, 9.17) is 0 Å². The molecule has 1 N–H and O–H groups in total. The van der Waals surface area contributed by atoms with Crippen molar-refractivity contribution < 1.29 is 9.90 Å². The van der Waals surface area contributed by atoms with E-state index in [1.54, 1.807) is 28.8 Å². The topological polar surface area (TPSA) is 62.5 Å². The van der Waals surface area contributed by atoms with Gasteiger partial charge in [0, 0.05) is 23.0 Å². The number of nitrogens with zero attached hydrogens (tertiary/aromatic N) is 2. The predicted molar refractivity (Wildman–Crippen MR) is 101 cm³/mol. The van der Waals surface area contributed by atoms with Crippen molar-refractivity contribution in [2.24, 2.45) is 0 Å². The van der Waals surface area contributed by atoms with E-state index >= 15 is 0 Å². The third-order valence-corrected chi connectivity index (χ3v) is 4.99. The van der Waals surface area contributed by atoms with Gasteiger partial charge in [0.15, 0.2) is 0 Å². The average Bonchev–Trinajstić information content (AvgIpc) is 3.16. The highest BCUT2D eigenvalue weighted by Gasteiger charge is 2.24. The zero-order valence-corrected chi connectivity index (χ0v) is 14.4. The van der Waals surface area contributed by atoms with Crippen LogP contribution in [0, 0.1) is 0 Å². The minimum absolute atomic E-state index is 0.175. The smallest absolute Gasteiger partial charge is 0.338 e. The molecule has 0 bridgehead atoms. The first-order valence-electron chi connectivity index (χ1n) is 8.84. The van der Waals surface area contributed by atoms with Crippen LogP contribution in [0.15, 0.2) is 59.4 Å². The fourth-order valence-corrected chi connectivity index (χ4v) is 3.79. The maximum absolute atomic E-state index is 13.2. The van der Waals surface area contributed by atoms with Crippen molar-refractivity contribution in [2.45, 2.75) is 19.4 Å². The van der Waals surface area contributed by atoms with Gasteiger partial charge in [-0.2, -0.15) is 0 Å². The van der Waals surface area contributed by atoms with Crippen molar-refractivity contribution in [1.82, 2.24) is 9.47 Å². The van der Waals surface area contributed by atoms with Gasteiger partial charge >= 0.3 is 5.97 Å². The molecule has 3 aromatic rings. The molecule has 0 spiro atoms. The number of carboxylic acids is 1. The summed E-state index contributed by atoms with van der Waals surface area (Å²) in [5.74, 6) is -1.000. The number of carbonyl (C=O) groups is 1. The van der Waals surface area contributed by atoms with Gasteiger partial charge in [-0.1, -0.05) is 36.4 Å². The van der Waals surface area contributed by atoms with Crippen LogP contribution in [0.3, 0.4) is 0 Å². The number of hydrogen-bond acceptors (Lipinski definition) is 3. The molecule has 0 amide bonds. The maximum atomic E-state index is 13.2. The van der Waals surface area contributed by atoms with Crippen molar-refractivity contribution in [3.63, 3.8) is 0 Å². The Hall–Kier alpha value is -2.92. The van der Waals surface area contributed by atoms with E-state index in [2.05, 4.69) is 4.90 Å². The first-order chi connectivity index (χ1) is 12.7. The van der Waals surface area contributed by atoms with E-state index in [9.17, 15) is 14.7 Å². The number of para-hydroxylation sites is 1. The number of pyridine rings is 1. The Balaban J connectivity index is 2.07. The summed E-state index contributed by atoms with van der Waals surface area (Å²) >= 11 is 0. The van der Waals surface area contributed by atoms with E-state index in [1.165, 1.54) is 0 Å². The van der Waals surface area contributed by atoms with E-state index < -0.39 is 5.97 Å². The number of carboxylic acid groups (broad SMARTS) is 1. The third-order valence-electron chi connectivity index (χ3n) is 4.99. The van der Waals surface area contributed by atoms with Crippen LogP contribution in [0.25, 0.3) is 16.5 Å². The molecular weight excluding hydrogens is 328 g/mol. The monoisotopic (exact) mass is 348 g/mol. The summed E-state index contributed by atoms with van der Waals surface area (Å²) in [5.41, 5.74) is 1.29. The first-order valence-corrected chi connectivity index (χ1v) is 8.84. The summed E-state index contributed by atoms with van der Waals surface area (Å²) in [4.78, 5) is 27.6. The summed E-state index contributed by atoms with van der Waals surface area (Å²) in [7, 11) is 0. The first kappa shape index (κ1) is 16.5. The molecule has 4 rings (SSSR count). The molecule has 5 heteroatoms. The van der Waals surface area contributed by atoms with Gasteiger partial charge in [-0.15, -0.1) is 0 Å². The van der Waals surface area contributed by atoms with Gasteiger partial charge in [-0.05, 0) is 44.1 Å². The number of benzene rings is 2. The zero-order chi connectivity index (χ0) is 18.1. The Morgan fingerprint density at radius 3 is 2.19 bits per heavy atom. The molecule has 26 heavy (non-hydrogen) atoms. The van der Waals surface area contributed by atoms with Gasteiger partial charge in [-0.3, -0.25) is 14.3 Å². The van der Waals surface area contributed by atoms with Crippen molar-refractivity contribution in [3.05, 3.63) is 76.2 Å². The highest BCUT2D eigenvalue weighted by atomic mass is 16.4. The van der Waals surface area contributed by atoms with E-state index in [0.717, 1.165) is 25.9 Å².